The van der Waals surface area contributed by atoms with Crippen molar-refractivity contribution in [1.82, 2.24) is 0 Å². The number of aliphatic hydroxyl groups is 1. The second-order valence-electron chi connectivity index (χ2n) is 6.62. The second-order valence-corrected chi connectivity index (χ2v) is 6.62. The molecule has 0 radical (unpaired) electrons. The molecule has 0 aromatic heterocycles. The van der Waals surface area contributed by atoms with Gasteiger partial charge in [0.05, 0.1) is 5.71 Å². The number of oxime groups is 1. The minimum absolute atomic E-state index is 0.319. The maximum Gasteiger partial charge on any atom is 0.142 e. The van der Waals surface area contributed by atoms with Crippen molar-refractivity contribution in [3.8, 4) is 0 Å². The van der Waals surface area contributed by atoms with E-state index in [-0.39, 0.29) is 0 Å². The lowest BCUT2D eigenvalue weighted by Crippen LogP contribution is -2.01. The summed E-state index contributed by atoms with van der Waals surface area (Å²) in [5.41, 5.74) is 4.46. The van der Waals surface area contributed by atoms with Crippen molar-refractivity contribution in [2.24, 2.45) is 11.1 Å². The molecule has 2 aromatic rings. The van der Waals surface area contributed by atoms with Gasteiger partial charge in [0, 0.05) is 6.61 Å². The molecule has 0 saturated heterocycles. The van der Waals surface area contributed by atoms with E-state index in [0.29, 0.717) is 25.0 Å². The highest BCUT2D eigenvalue weighted by Crippen LogP contribution is 2.37. The van der Waals surface area contributed by atoms with Gasteiger partial charge in [-0.05, 0) is 54.7 Å². The van der Waals surface area contributed by atoms with E-state index in [1.807, 2.05) is 37.3 Å². The second kappa shape index (κ2) is 8.11. The molecule has 1 N–H and O–H groups in total. The van der Waals surface area contributed by atoms with Gasteiger partial charge in [-0.1, -0.05) is 59.8 Å². The lowest BCUT2D eigenvalue weighted by atomic mass is 9.95. The molecule has 3 heteroatoms. The van der Waals surface area contributed by atoms with Crippen LogP contribution in [0, 0.1) is 5.92 Å². The molecule has 3 nitrogen and oxygen atoms in total. The molecule has 0 amide bonds. The van der Waals surface area contributed by atoms with Gasteiger partial charge in [0.15, 0.2) is 0 Å². The van der Waals surface area contributed by atoms with Gasteiger partial charge in [-0.2, -0.15) is 0 Å². The van der Waals surface area contributed by atoms with E-state index >= 15 is 0 Å². The summed E-state index contributed by atoms with van der Waals surface area (Å²) < 4.78 is 0. The van der Waals surface area contributed by atoms with Crippen LogP contribution in [0.15, 0.2) is 59.8 Å². The Labute approximate surface area is 144 Å². The van der Waals surface area contributed by atoms with E-state index in [0.717, 1.165) is 29.7 Å². The average molecular weight is 323 g/mol. The van der Waals surface area contributed by atoms with Crippen LogP contribution in [0.4, 0.5) is 0 Å². The standard InChI is InChI=1S/C21H25NO2/c1-16(22-24-15-17-5-3-2-4-6-17)19-9-11-20(12-10-19)21-8-7-18(13-21)14-23/h2-6,9-12,18,21,23H,7-8,13-15H2,1H3/b22-16+. The molecule has 2 atom stereocenters. The normalized spacial score (nSPS) is 21.0. The van der Waals surface area contributed by atoms with Gasteiger partial charge < -0.3 is 9.94 Å². The fraction of sp³-hybridized carbons (Fsp3) is 0.381. The van der Waals surface area contributed by atoms with Crippen molar-refractivity contribution in [2.75, 3.05) is 6.61 Å². The molecule has 1 aliphatic carbocycles. The van der Waals surface area contributed by atoms with Gasteiger partial charge in [0.1, 0.15) is 6.61 Å². The lowest BCUT2D eigenvalue weighted by Gasteiger charge is -2.11. The Hall–Kier alpha value is -2.13. The predicted molar refractivity (Wildman–Crippen MR) is 97.1 cm³/mol. The maximum absolute atomic E-state index is 9.28. The number of hydrogen-bond acceptors (Lipinski definition) is 3. The monoisotopic (exact) mass is 323 g/mol. The topological polar surface area (TPSA) is 41.8 Å². The van der Waals surface area contributed by atoms with Crippen molar-refractivity contribution in [3.63, 3.8) is 0 Å². The first-order valence-electron chi connectivity index (χ1n) is 8.68. The van der Waals surface area contributed by atoms with Crippen LogP contribution in [0.5, 0.6) is 0 Å². The Balaban J connectivity index is 1.57. The fourth-order valence-electron chi connectivity index (χ4n) is 3.37. The zero-order valence-electron chi connectivity index (χ0n) is 14.2. The third-order valence-electron chi connectivity index (χ3n) is 4.87. The van der Waals surface area contributed by atoms with Crippen LogP contribution in [0.1, 0.15) is 48.8 Å². The zero-order chi connectivity index (χ0) is 16.8. The first kappa shape index (κ1) is 16.7. The highest BCUT2D eigenvalue weighted by atomic mass is 16.6. The lowest BCUT2D eigenvalue weighted by molar-refractivity contribution is 0.130. The van der Waals surface area contributed by atoms with Gasteiger partial charge in [0.2, 0.25) is 0 Å². The Bertz CT molecular complexity index is 664. The van der Waals surface area contributed by atoms with Crippen LogP contribution < -0.4 is 0 Å². The van der Waals surface area contributed by atoms with Gasteiger partial charge in [-0.3, -0.25) is 0 Å². The number of hydrogen-bond donors (Lipinski definition) is 1. The minimum Gasteiger partial charge on any atom is -0.396 e. The third kappa shape index (κ3) is 4.24. The molecule has 0 heterocycles. The van der Waals surface area contributed by atoms with Crippen molar-refractivity contribution in [1.29, 1.82) is 0 Å². The summed E-state index contributed by atoms with van der Waals surface area (Å²) in [4.78, 5) is 5.45. The summed E-state index contributed by atoms with van der Waals surface area (Å²) in [6, 6.07) is 18.7. The van der Waals surface area contributed by atoms with Crippen molar-refractivity contribution in [2.45, 2.75) is 38.7 Å². The first-order chi connectivity index (χ1) is 11.8. The van der Waals surface area contributed by atoms with Crippen molar-refractivity contribution < 1.29 is 9.94 Å². The highest BCUT2D eigenvalue weighted by molar-refractivity contribution is 5.98. The fourth-order valence-corrected chi connectivity index (χ4v) is 3.37. The van der Waals surface area contributed by atoms with Crippen molar-refractivity contribution >= 4 is 5.71 Å². The average Bonchev–Trinajstić information content (AvgIpc) is 3.12. The van der Waals surface area contributed by atoms with Crippen molar-refractivity contribution in [3.05, 3.63) is 71.3 Å². The van der Waals surface area contributed by atoms with Crippen LogP contribution in [-0.2, 0) is 11.4 Å². The highest BCUT2D eigenvalue weighted by Gasteiger charge is 2.25. The van der Waals surface area contributed by atoms with E-state index in [1.54, 1.807) is 0 Å². The largest absolute Gasteiger partial charge is 0.396 e. The van der Waals surface area contributed by atoms with Gasteiger partial charge in [-0.15, -0.1) is 0 Å². The summed E-state index contributed by atoms with van der Waals surface area (Å²) in [6.07, 6.45) is 3.41. The summed E-state index contributed by atoms with van der Waals surface area (Å²) in [7, 11) is 0. The number of nitrogens with zero attached hydrogens (tertiary/aromatic N) is 1. The first-order valence-corrected chi connectivity index (χ1v) is 8.68. The maximum atomic E-state index is 9.28. The van der Waals surface area contributed by atoms with Crippen LogP contribution in [0.3, 0.4) is 0 Å². The smallest absolute Gasteiger partial charge is 0.142 e. The molecular weight excluding hydrogens is 298 g/mol. The molecule has 1 saturated carbocycles. The van der Waals surface area contributed by atoms with Crippen LogP contribution >= 0.6 is 0 Å². The molecular formula is C21H25NO2. The SMILES string of the molecule is C/C(=N\OCc1ccccc1)c1ccc(C2CCC(CO)C2)cc1. The summed E-state index contributed by atoms with van der Waals surface area (Å²) in [6.45, 7) is 2.78. The Morgan fingerprint density at radius 2 is 1.83 bits per heavy atom. The minimum atomic E-state index is 0.319. The van der Waals surface area contributed by atoms with Crippen LogP contribution in [0.25, 0.3) is 0 Å². The molecule has 2 unspecified atom stereocenters. The predicted octanol–water partition coefficient (Wildman–Crippen LogP) is 4.50. The van der Waals surface area contributed by atoms with E-state index in [2.05, 4.69) is 29.4 Å². The van der Waals surface area contributed by atoms with Gasteiger partial charge in [0.25, 0.3) is 0 Å². The Morgan fingerprint density at radius 3 is 2.50 bits per heavy atom. The third-order valence-corrected chi connectivity index (χ3v) is 4.87. The number of aliphatic hydroxyl groups excluding tert-OH is 1. The molecule has 126 valence electrons. The molecule has 0 spiro atoms. The summed E-state index contributed by atoms with van der Waals surface area (Å²) in [5, 5.41) is 13.5. The molecule has 0 bridgehead atoms. The molecule has 2 aromatic carbocycles. The molecule has 1 fully saturated rings. The zero-order valence-corrected chi connectivity index (χ0v) is 14.2. The number of rotatable bonds is 6. The van der Waals surface area contributed by atoms with Crippen LogP contribution in [-0.4, -0.2) is 17.4 Å². The molecule has 3 rings (SSSR count). The van der Waals surface area contributed by atoms with Crippen LogP contribution in [0.2, 0.25) is 0 Å². The summed E-state index contributed by atoms with van der Waals surface area (Å²) in [5.74, 6) is 1.06. The van der Waals surface area contributed by atoms with Gasteiger partial charge >= 0.3 is 0 Å². The summed E-state index contributed by atoms with van der Waals surface area (Å²) >= 11 is 0. The molecule has 24 heavy (non-hydrogen) atoms. The molecule has 0 aliphatic heterocycles. The molecule has 1 aliphatic rings. The Kier molecular flexibility index (Phi) is 5.65. The number of benzene rings is 2. The van der Waals surface area contributed by atoms with E-state index in [9.17, 15) is 5.11 Å². The quantitative estimate of drug-likeness (QED) is 0.628. The van der Waals surface area contributed by atoms with E-state index in [4.69, 9.17) is 4.84 Å². The van der Waals surface area contributed by atoms with E-state index < -0.39 is 0 Å². The van der Waals surface area contributed by atoms with Gasteiger partial charge in [-0.25, -0.2) is 0 Å². The van der Waals surface area contributed by atoms with E-state index in [1.165, 1.54) is 12.0 Å². The Morgan fingerprint density at radius 1 is 1.08 bits per heavy atom.